The maximum atomic E-state index is 12.6. The number of allylic oxidation sites excluding steroid dienone is 1. The number of ketones is 1. The molecule has 5 atom stereocenters. The van der Waals surface area contributed by atoms with Gasteiger partial charge in [0, 0.05) is 43.8 Å². The van der Waals surface area contributed by atoms with Crippen molar-refractivity contribution in [2.24, 2.45) is 10.7 Å². The van der Waals surface area contributed by atoms with Crippen molar-refractivity contribution in [3.8, 4) is 23.3 Å². The fourth-order valence-electron chi connectivity index (χ4n) is 7.05. The number of aliphatic hydroxyl groups is 3. The van der Waals surface area contributed by atoms with Crippen LogP contribution in [-0.2, 0) is 24.1 Å². The first-order valence-electron chi connectivity index (χ1n) is 18.6. The van der Waals surface area contributed by atoms with Gasteiger partial charge in [0.15, 0.2) is 17.7 Å². The van der Waals surface area contributed by atoms with Gasteiger partial charge in [-0.25, -0.2) is 0 Å². The Morgan fingerprint density at radius 3 is 2.72 bits per heavy atom. The Kier molecular flexibility index (Phi) is 12.8. The number of nitrogens with zero attached hydrogens (tertiary/aromatic N) is 2. The van der Waals surface area contributed by atoms with Gasteiger partial charge in [0.25, 0.3) is 0 Å². The summed E-state index contributed by atoms with van der Waals surface area (Å²) in [6, 6.07) is 21.2. The van der Waals surface area contributed by atoms with E-state index < -0.39 is 24.5 Å². The number of Topliss-reactive ketones (excluding diaryl/α,β-unsaturated/α-hetero) is 1. The van der Waals surface area contributed by atoms with Crippen LogP contribution in [0.25, 0.3) is 0 Å². The molecule has 53 heavy (non-hydrogen) atoms. The number of aliphatic hydroxyl groups excluding tert-OH is 3. The molecule has 0 radical (unpaired) electrons. The molecule has 0 amide bonds. The monoisotopic (exact) mass is 718 g/mol. The van der Waals surface area contributed by atoms with Crippen molar-refractivity contribution in [2.45, 2.75) is 95.4 Å². The molecule has 0 aliphatic carbocycles. The first kappa shape index (κ1) is 38.0. The lowest BCUT2D eigenvalue weighted by Gasteiger charge is -2.27. The lowest BCUT2D eigenvalue weighted by molar-refractivity contribution is -0.121. The van der Waals surface area contributed by atoms with Crippen LogP contribution in [0.5, 0.6) is 11.5 Å². The largest absolute Gasteiger partial charge is 0.504 e. The van der Waals surface area contributed by atoms with Crippen LogP contribution in [0.3, 0.4) is 0 Å². The highest BCUT2D eigenvalue weighted by Crippen LogP contribution is 2.35. The Labute approximate surface area is 311 Å². The number of nitrogens with one attached hydrogen (secondary N) is 1. The number of nitrogens with two attached hydrogens (primary N) is 1. The van der Waals surface area contributed by atoms with Gasteiger partial charge >= 0.3 is 0 Å². The van der Waals surface area contributed by atoms with Gasteiger partial charge in [0.1, 0.15) is 11.9 Å². The number of aromatic hydroxyl groups is 1. The molecular formula is C43H50N4O6. The average molecular weight is 719 g/mol. The van der Waals surface area contributed by atoms with E-state index in [4.69, 9.17) is 15.5 Å². The van der Waals surface area contributed by atoms with Crippen molar-refractivity contribution in [1.82, 2.24) is 10.2 Å². The van der Waals surface area contributed by atoms with E-state index in [1.165, 1.54) is 5.56 Å². The summed E-state index contributed by atoms with van der Waals surface area (Å²) in [7, 11) is 0. The van der Waals surface area contributed by atoms with Crippen molar-refractivity contribution in [1.29, 1.82) is 0 Å². The fourth-order valence-corrected chi connectivity index (χ4v) is 7.05. The van der Waals surface area contributed by atoms with Gasteiger partial charge < -0.3 is 35.8 Å². The van der Waals surface area contributed by atoms with Crippen molar-refractivity contribution < 1.29 is 30.0 Å². The molecule has 3 aromatic carbocycles. The summed E-state index contributed by atoms with van der Waals surface area (Å²) < 4.78 is 6.41. The summed E-state index contributed by atoms with van der Waals surface area (Å²) in [6.45, 7) is 3.19. The van der Waals surface area contributed by atoms with Gasteiger partial charge in [0.05, 0.1) is 37.1 Å². The second-order valence-electron chi connectivity index (χ2n) is 14.1. The summed E-state index contributed by atoms with van der Waals surface area (Å²) in [5, 5.41) is 45.7. The van der Waals surface area contributed by atoms with Crippen molar-refractivity contribution >= 4 is 11.5 Å². The zero-order valence-electron chi connectivity index (χ0n) is 30.2. The van der Waals surface area contributed by atoms with Gasteiger partial charge in [-0.2, -0.15) is 0 Å². The van der Waals surface area contributed by atoms with Crippen LogP contribution >= 0.6 is 0 Å². The third-order valence-corrected chi connectivity index (χ3v) is 9.98. The number of benzene rings is 3. The van der Waals surface area contributed by atoms with Gasteiger partial charge in [-0.1, -0.05) is 79.8 Å². The number of carbonyl (C=O) groups is 1. The topological polar surface area (TPSA) is 161 Å². The molecule has 3 aliphatic rings. The van der Waals surface area contributed by atoms with E-state index in [1.54, 1.807) is 18.2 Å². The van der Waals surface area contributed by atoms with Crippen LogP contribution in [0.15, 0.2) is 95.3 Å². The van der Waals surface area contributed by atoms with Crippen LogP contribution in [-0.4, -0.2) is 68.3 Å². The van der Waals surface area contributed by atoms with E-state index in [0.29, 0.717) is 31.4 Å². The maximum Gasteiger partial charge on any atom is 0.183 e. The number of fused-ring (bicyclic) bond motifs is 2. The number of rotatable bonds is 16. The number of aryl methyl sites for hydroxylation is 1. The van der Waals surface area contributed by atoms with Crippen molar-refractivity contribution in [2.75, 3.05) is 13.1 Å². The predicted octanol–water partition coefficient (Wildman–Crippen LogP) is 4.91. The molecule has 0 aromatic heterocycles. The van der Waals surface area contributed by atoms with Gasteiger partial charge in [0.2, 0.25) is 0 Å². The zero-order chi connectivity index (χ0) is 37.3. The summed E-state index contributed by atoms with van der Waals surface area (Å²) in [5.41, 5.74) is 14.1. The highest BCUT2D eigenvalue weighted by atomic mass is 16.5. The molecule has 0 unspecified atom stereocenters. The third kappa shape index (κ3) is 10.0. The van der Waals surface area contributed by atoms with E-state index in [0.717, 1.165) is 52.9 Å². The van der Waals surface area contributed by atoms with E-state index in [2.05, 4.69) is 29.3 Å². The second kappa shape index (κ2) is 17.8. The Bertz CT molecular complexity index is 1910. The molecule has 3 aliphatic heterocycles. The maximum absolute atomic E-state index is 12.6. The van der Waals surface area contributed by atoms with E-state index in [-0.39, 0.29) is 49.1 Å². The minimum atomic E-state index is -1.03. The Balaban J connectivity index is 1.14. The normalized spacial score (nSPS) is 19.3. The molecule has 0 fully saturated rings. The summed E-state index contributed by atoms with van der Waals surface area (Å²) in [4.78, 5) is 19.3. The standard InChI is InChI=1S/C43H50N4O6/c1-2-7-33(48)23-35(50)24-34(49)15-12-29-13-17-40(52)41(20-29)53-42-11-6-10-39(51)36-16-14-30(43(44)45-19-18-28-8-4-3-5-9-28)21-31(36)22-32-25-46-38-27-47(42)26-37(32)38/h3-5,8-9,13-14,16-17,20-21,25-26,33,35,39,42-43,45,48,50-52H,2,7,11-12,15,18-19,22-24,27,44H2,1H3/t33-,35+,39-,42-,43+/m0/s1. The smallest absolute Gasteiger partial charge is 0.183 e. The van der Waals surface area contributed by atoms with Crippen LogP contribution in [0.4, 0.5) is 0 Å². The summed E-state index contributed by atoms with van der Waals surface area (Å²) in [6.07, 6.45) is 4.25. The predicted molar refractivity (Wildman–Crippen MR) is 205 cm³/mol. The summed E-state index contributed by atoms with van der Waals surface area (Å²) in [5.74, 6) is 6.27. The quantitative estimate of drug-likeness (QED) is 0.0894. The third-order valence-electron chi connectivity index (χ3n) is 9.98. The van der Waals surface area contributed by atoms with Gasteiger partial charge in [-0.05, 0) is 71.2 Å². The highest BCUT2D eigenvalue weighted by molar-refractivity contribution is 6.09. The number of hydrogen-bond donors (Lipinski definition) is 6. The van der Waals surface area contributed by atoms with Crippen LogP contribution < -0.4 is 15.8 Å². The fraction of sp³-hybridized carbons (Fsp3) is 0.395. The number of ether oxygens (including phenoxy) is 1. The number of carbonyl (C=O) groups excluding carboxylic acids is 1. The molecule has 6 rings (SSSR count). The molecular weight excluding hydrogens is 668 g/mol. The molecule has 3 heterocycles. The van der Waals surface area contributed by atoms with Crippen molar-refractivity contribution in [3.05, 3.63) is 118 Å². The lowest BCUT2D eigenvalue weighted by atomic mass is 9.91. The number of hydrogen-bond acceptors (Lipinski definition) is 10. The van der Waals surface area contributed by atoms with Gasteiger partial charge in [-0.3, -0.25) is 15.1 Å². The number of phenols is 1. The molecule has 3 aromatic rings. The Morgan fingerprint density at radius 2 is 1.91 bits per heavy atom. The second-order valence-corrected chi connectivity index (χ2v) is 14.1. The van der Waals surface area contributed by atoms with E-state index >= 15 is 0 Å². The van der Waals surface area contributed by atoms with E-state index in [1.807, 2.05) is 60.6 Å². The zero-order valence-corrected chi connectivity index (χ0v) is 30.2. The van der Waals surface area contributed by atoms with Crippen molar-refractivity contribution in [3.63, 3.8) is 0 Å². The first-order chi connectivity index (χ1) is 25.7. The van der Waals surface area contributed by atoms with E-state index in [9.17, 15) is 25.2 Å². The number of phenolic OH excluding ortho intramolecular Hbond substituents is 1. The van der Waals surface area contributed by atoms with Gasteiger partial charge in [-0.15, -0.1) is 0 Å². The molecule has 0 saturated heterocycles. The minimum absolute atomic E-state index is 0.00959. The van der Waals surface area contributed by atoms with Crippen LogP contribution in [0.1, 0.15) is 85.5 Å². The molecule has 10 heteroatoms. The summed E-state index contributed by atoms with van der Waals surface area (Å²) >= 11 is 0. The molecule has 0 spiro atoms. The molecule has 0 saturated carbocycles. The minimum Gasteiger partial charge on any atom is -0.504 e. The SMILES string of the molecule is CCC[C@H](O)C[C@@H](O)CC(=O)CCc1ccc(O)c(O[C@H]2CC#C[C@H](O)c3ccc([C@H](N)NCCc4ccccc4)cc3CC3=CN=C4CN2C=C34)c1. The molecule has 278 valence electrons. The van der Waals surface area contributed by atoms with Crippen LogP contribution in [0, 0.1) is 11.8 Å². The molecule has 7 N–H and O–H groups in total. The lowest BCUT2D eigenvalue weighted by Crippen LogP contribution is -2.35. The first-order valence-corrected chi connectivity index (χ1v) is 18.6. The Hall–Kier alpha value is -4.76. The van der Waals surface area contributed by atoms with Crippen LogP contribution in [0.2, 0.25) is 0 Å². The number of aliphatic imine (C=N–C) groups is 1. The Morgan fingerprint density at radius 1 is 1.08 bits per heavy atom. The molecule has 10 nitrogen and oxygen atoms in total. The highest BCUT2D eigenvalue weighted by Gasteiger charge is 2.32. The average Bonchev–Trinajstić information content (AvgIpc) is 3.73. The molecule has 2 bridgehead atoms.